The van der Waals surface area contributed by atoms with Crippen molar-refractivity contribution < 1.29 is 9.90 Å². The molecule has 0 heterocycles. The Hall–Kier alpha value is -0.790. The van der Waals surface area contributed by atoms with Gasteiger partial charge in [0.15, 0.2) is 0 Å². The third-order valence-electron chi connectivity index (χ3n) is 3.51. The van der Waals surface area contributed by atoms with Crippen LogP contribution in [0.5, 0.6) is 0 Å². The zero-order valence-corrected chi connectivity index (χ0v) is 8.79. The normalized spacial score (nSPS) is 32.5. The van der Waals surface area contributed by atoms with Crippen LogP contribution in [0.4, 0.5) is 0 Å². The summed E-state index contributed by atoms with van der Waals surface area (Å²) in [6, 6.07) is 0. The lowest BCUT2D eigenvalue weighted by atomic mass is 9.63. The largest absolute Gasteiger partial charge is 0.481 e. The summed E-state index contributed by atoms with van der Waals surface area (Å²) in [5, 5.41) is 9.12. The second-order valence-electron chi connectivity index (χ2n) is 4.68. The fourth-order valence-electron chi connectivity index (χ4n) is 2.17. The van der Waals surface area contributed by atoms with Gasteiger partial charge in [-0.3, -0.25) is 4.79 Å². The van der Waals surface area contributed by atoms with E-state index in [0.717, 1.165) is 12.0 Å². The van der Waals surface area contributed by atoms with E-state index in [-0.39, 0.29) is 11.3 Å². The molecule has 2 heteroatoms. The molecule has 0 unspecified atom stereocenters. The summed E-state index contributed by atoms with van der Waals surface area (Å²) in [7, 11) is 0. The molecule has 1 aliphatic rings. The van der Waals surface area contributed by atoms with Gasteiger partial charge in [-0.1, -0.05) is 32.4 Å². The molecule has 0 bridgehead atoms. The van der Waals surface area contributed by atoms with Gasteiger partial charge in [-0.05, 0) is 24.7 Å². The highest BCUT2D eigenvalue weighted by Crippen LogP contribution is 2.44. The van der Waals surface area contributed by atoms with Crippen molar-refractivity contribution in [1.82, 2.24) is 0 Å². The number of carbonyl (C=O) groups is 1. The van der Waals surface area contributed by atoms with E-state index in [1.807, 2.05) is 20.8 Å². The highest BCUT2D eigenvalue weighted by atomic mass is 16.4. The summed E-state index contributed by atoms with van der Waals surface area (Å²) < 4.78 is 0. The summed E-state index contributed by atoms with van der Waals surface area (Å²) >= 11 is 0. The lowest BCUT2D eigenvalue weighted by Crippen LogP contribution is -2.39. The molecule has 2 nitrogen and oxygen atoms in total. The summed E-state index contributed by atoms with van der Waals surface area (Å²) in [5.74, 6) is -0.557. The molecule has 0 amide bonds. The quantitative estimate of drug-likeness (QED) is 0.633. The Balaban J connectivity index is 3.06. The Labute approximate surface area is 79.6 Å². The van der Waals surface area contributed by atoms with Gasteiger partial charge in [0.05, 0.1) is 5.92 Å². The van der Waals surface area contributed by atoms with Crippen LogP contribution in [0, 0.1) is 17.3 Å². The maximum absolute atomic E-state index is 11.1. The minimum Gasteiger partial charge on any atom is -0.481 e. The summed E-state index contributed by atoms with van der Waals surface area (Å²) in [6.45, 7) is 8.14. The van der Waals surface area contributed by atoms with Crippen LogP contribution >= 0.6 is 0 Å². The molecule has 0 aromatic carbocycles. The van der Waals surface area contributed by atoms with Gasteiger partial charge in [0.1, 0.15) is 0 Å². The van der Waals surface area contributed by atoms with Gasteiger partial charge in [-0.15, -0.1) is 0 Å². The van der Waals surface area contributed by atoms with Crippen molar-refractivity contribution in [2.45, 2.75) is 34.1 Å². The topological polar surface area (TPSA) is 37.3 Å². The summed E-state index contributed by atoms with van der Waals surface area (Å²) in [6.07, 6.45) is 3.07. The zero-order valence-electron chi connectivity index (χ0n) is 8.79. The van der Waals surface area contributed by atoms with Gasteiger partial charge in [0, 0.05) is 0 Å². The van der Waals surface area contributed by atoms with E-state index in [4.69, 9.17) is 5.11 Å². The van der Waals surface area contributed by atoms with Gasteiger partial charge in [-0.2, -0.15) is 0 Å². The van der Waals surface area contributed by atoms with Crippen LogP contribution in [0.2, 0.25) is 0 Å². The van der Waals surface area contributed by atoms with E-state index >= 15 is 0 Å². The Morgan fingerprint density at radius 2 is 2.15 bits per heavy atom. The molecule has 0 saturated carbocycles. The number of allylic oxidation sites excluding steroid dienone is 1. The molecular weight excluding hydrogens is 164 g/mol. The maximum Gasteiger partial charge on any atom is 0.311 e. The van der Waals surface area contributed by atoms with Crippen LogP contribution in [0.25, 0.3) is 0 Å². The summed E-state index contributed by atoms with van der Waals surface area (Å²) in [4.78, 5) is 11.1. The van der Waals surface area contributed by atoms with Crippen molar-refractivity contribution in [2.75, 3.05) is 0 Å². The molecule has 1 aliphatic carbocycles. The lowest BCUT2D eigenvalue weighted by molar-refractivity contribution is -0.145. The first kappa shape index (κ1) is 10.3. The van der Waals surface area contributed by atoms with Gasteiger partial charge in [0.2, 0.25) is 0 Å². The molecule has 0 fully saturated rings. The predicted octanol–water partition coefficient (Wildman–Crippen LogP) is 2.70. The third kappa shape index (κ3) is 1.62. The SMILES string of the molecule is CC1=CC[C@H](C)C(C)(C)[C@H]1C(=O)O. The van der Waals surface area contributed by atoms with Crippen LogP contribution in [0.3, 0.4) is 0 Å². The minimum absolute atomic E-state index is 0.120. The number of carboxylic acid groups (broad SMARTS) is 1. The van der Waals surface area contributed by atoms with Crippen LogP contribution in [0.1, 0.15) is 34.1 Å². The highest BCUT2D eigenvalue weighted by Gasteiger charge is 2.42. The molecule has 13 heavy (non-hydrogen) atoms. The van der Waals surface area contributed by atoms with Crippen LogP contribution < -0.4 is 0 Å². The molecule has 0 radical (unpaired) electrons. The van der Waals surface area contributed by atoms with Crippen molar-refractivity contribution in [2.24, 2.45) is 17.3 Å². The molecule has 0 aromatic heterocycles. The lowest BCUT2D eigenvalue weighted by Gasteiger charge is -2.40. The Bertz CT molecular complexity index is 251. The fourth-order valence-corrected chi connectivity index (χ4v) is 2.17. The van der Waals surface area contributed by atoms with E-state index < -0.39 is 5.97 Å². The molecule has 74 valence electrons. The van der Waals surface area contributed by atoms with Crippen molar-refractivity contribution in [1.29, 1.82) is 0 Å². The number of hydrogen-bond donors (Lipinski definition) is 1. The first-order valence-electron chi connectivity index (χ1n) is 4.76. The van der Waals surface area contributed by atoms with Crippen molar-refractivity contribution in [3.63, 3.8) is 0 Å². The third-order valence-corrected chi connectivity index (χ3v) is 3.51. The van der Waals surface area contributed by atoms with Crippen molar-refractivity contribution in [3.05, 3.63) is 11.6 Å². The monoisotopic (exact) mass is 182 g/mol. The smallest absolute Gasteiger partial charge is 0.311 e. The van der Waals surface area contributed by atoms with E-state index in [1.165, 1.54) is 0 Å². The average molecular weight is 182 g/mol. The van der Waals surface area contributed by atoms with Gasteiger partial charge >= 0.3 is 5.97 Å². The molecule has 2 atom stereocenters. The molecule has 1 rings (SSSR count). The van der Waals surface area contributed by atoms with Crippen LogP contribution in [0.15, 0.2) is 11.6 Å². The Morgan fingerprint density at radius 1 is 1.62 bits per heavy atom. The molecule has 1 N–H and O–H groups in total. The molecule has 0 spiro atoms. The van der Waals surface area contributed by atoms with E-state index in [9.17, 15) is 4.79 Å². The Morgan fingerprint density at radius 3 is 2.54 bits per heavy atom. The first-order valence-corrected chi connectivity index (χ1v) is 4.76. The summed E-state index contributed by atoms with van der Waals surface area (Å²) in [5.41, 5.74) is 0.889. The Kier molecular flexibility index (Phi) is 2.51. The molecule has 0 aliphatic heterocycles. The second-order valence-corrected chi connectivity index (χ2v) is 4.68. The van der Waals surface area contributed by atoms with Crippen molar-refractivity contribution >= 4 is 5.97 Å². The van der Waals surface area contributed by atoms with Gasteiger partial charge in [0.25, 0.3) is 0 Å². The fraction of sp³-hybridized carbons (Fsp3) is 0.727. The molecular formula is C11H18O2. The van der Waals surface area contributed by atoms with E-state index in [1.54, 1.807) is 0 Å². The number of aliphatic carboxylic acids is 1. The predicted molar refractivity (Wildman–Crippen MR) is 52.4 cm³/mol. The maximum atomic E-state index is 11.1. The second kappa shape index (κ2) is 3.17. The first-order chi connectivity index (χ1) is 5.87. The van der Waals surface area contributed by atoms with Crippen LogP contribution in [-0.4, -0.2) is 11.1 Å². The number of carboxylic acids is 1. The average Bonchev–Trinajstić information content (AvgIpc) is 1.96. The standard InChI is InChI=1S/C11H18O2/c1-7-5-6-8(2)11(3,4)9(7)10(12)13/h5,8-9H,6H2,1-4H3,(H,12,13)/t8-,9+/m0/s1. The zero-order chi connectivity index (χ0) is 10.2. The molecule has 0 aromatic rings. The molecule has 0 saturated heterocycles. The number of rotatable bonds is 1. The van der Waals surface area contributed by atoms with Crippen molar-refractivity contribution in [3.8, 4) is 0 Å². The van der Waals surface area contributed by atoms with Gasteiger partial charge < -0.3 is 5.11 Å². The van der Waals surface area contributed by atoms with Gasteiger partial charge in [-0.25, -0.2) is 0 Å². The number of hydrogen-bond acceptors (Lipinski definition) is 1. The minimum atomic E-state index is -0.690. The highest BCUT2D eigenvalue weighted by molar-refractivity contribution is 5.74. The van der Waals surface area contributed by atoms with E-state index in [0.29, 0.717) is 5.92 Å². The van der Waals surface area contributed by atoms with Crippen LogP contribution in [-0.2, 0) is 4.79 Å². The van der Waals surface area contributed by atoms with E-state index in [2.05, 4.69) is 13.0 Å².